The van der Waals surface area contributed by atoms with Crippen molar-refractivity contribution in [3.05, 3.63) is 53.0 Å². The second-order valence-electron chi connectivity index (χ2n) is 5.02. The first kappa shape index (κ1) is 12.3. The molecule has 0 aliphatic carbocycles. The molecule has 2 heterocycles. The van der Waals surface area contributed by atoms with E-state index in [1.165, 1.54) is 16.5 Å². The van der Waals surface area contributed by atoms with Crippen LogP contribution in [0.1, 0.15) is 31.0 Å². The molecule has 0 bridgehead atoms. The number of hydrogen-bond acceptors (Lipinski definition) is 2. The van der Waals surface area contributed by atoms with Gasteiger partial charge in [-0.15, -0.1) is 0 Å². The van der Waals surface area contributed by atoms with Gasteiger partial charge in [0, 0.05) is 28.2 Å². The molecule has 0 unspecified atom stereocenters. The van der Waals surface area contributed by atoms with Crippen LogP contribution in [0.3, 0.4) is 0 Å². The molecule has 0 fully saturated rings. The second kappa shape index (κ2) is 4.74. The zero-order valence-electron chi connectivity index (χ0n) is 10.9. The van der Waals surface area contributed by atoms with Crippen LogP contribution in [0.15, 0.2) is 41.2 Å². The normalized spacial score (nSPS) is 11.6. The summed E-state index contributed by atoms with van der Waals surface area (Å²) in [5.74, 6) is 0.458. The largest absolute Gasteiger partial charge is 0.364 e. The zero-order valence-corrected chi connectivity index (χ0v) is 11.7. The molecule has 0 saturated heterocycles. The molecular formula is C15H15ClN2O. The monoisotopic (exact) mass is 274 g/mol. The third-order valence-electron chi connectivity index (χ3n) is 3.32. The van der Waals surface area contributed by atoms with Crippen LogP contribution in [0.25, 0.3) is 10.9 Å². The first-order chi connectivity index (χ1) is 9.15. The van der Waals surface area contributed by atoms with Gasteiger partial charge in [0.25, 0.3) is 0 Å². The number of rotatable bonds is 3. The number of hydrogen-bond donors (Lipinski definition) is 0. The van der Waals surface area contributed by atoms with Crippen LogP contribution < -0.4 is 0 Å². The highest BCUT2D eigenvalue weighted by atomic mass is 35.5. The summed E-state index contributed by atoms with van der Waals surface area (Å²) >= 11 is 6.11. The van der Waals surface area contributed by atoms with E-state index in [1.54, 1.807) is 6.26 Å². The lowest BCUT2D eigenvalue weighted by atomic mass is 10.0. The average molecular weight is 275 g/mol. The van der Waals surface area contributed by atoms with E-state index in [1.807, 2.05) is 18.2 Å². The quantitative estimate of drug-likeness (QED) is 0.706. The van der Waals surface area contributed by atoms with E-state index < -0.39 is 0 Å². The lowest BCUT2D eigenvalue weighted by Gasteiger charge is -2.02. The van der Waals surface area contributed by atoms with Crippen molar-refractivity contribution in [2.24, 2.45) is 0 Å². The van der Waals surface area contributed by atoms with Crippen molar-refractivity contribution in [2.45, 2.75) is 26.3 Å². The molecule has 0 amide bonds. The summed E-state index contributed by atoms with van der Waals surface area (Å²) in [6.45, 7) is 5.09. The smallest absolute Gasteiger partial charge is 0.124 e. The first-order valence-electron chi connectivity index (χ1n) is 6.32. The minimum absolute atomic E-state index is 0.458. The Morgan fingerprint density at radius 3 is 2.84 bits per heavy atom. The third kappa shape index (κ3) is 2.26. The Hall–Kier alpha value is -1.74. The van der Waals surface area contributed by atoms with Crippen LogP contribution in [0.2, 0.25) is 5.02 Å². The molecule has 0 saturated carbocycles. The van der Waals surface area contributed by atoms with Crippen LogP contribution >= 0.6 is 11.6 Å². The Morgan fingerprint density at radius 2 is 2.16 bits per heavy atom. The molecule has 0 spiro atoms. The van der Waals surface area contributed by atoms with Gasteiger partial charge in [0.05, 0.1) is 6.54 Å². The Labute approximate surface area is 116 Å². The van der Waals surface area contributed by atoms with Crippen LogP contribution in [0.4, 0.5) is 0 Å². The predicted molar refractivity (Wildman–Crippen MR) is 76.6 cm³/mol. The molecule has 0 radical (unpaired) electrons. The Morgan fingerprint density at radius 1 is 1.32 bits per heavy atom. The Kier molecular flexibility index (Phi) is 3.07. The van der Waals surface area contributed by atoms with Gasteiger partial charge in [0.1, 0.15) is 12.0 Å². The number of aromatic nitrogens is 2. The Balaban J connectivity index is 2.14. The predicted octanol–water partition coefficient (Wildman–Crippen LogP) is 4.45. The van der Waals surface area contributed by atoms with Crippen LogP contribution in [0, 0.1) is 0 Å². The first-order valence-corrected chi connectivity index (χ1v) is 6.70. The van der Waals surface area contributed by atoms with E-state index in [0.717, 1.165) is 10.7 Å². The topological polar surface area (TPSA) is 31.0 Å². The lowest BCUT2D eigenvalue weighted by Crippen LogP contribution is -1.97. The molecule has 1 aromatic carbocycles. The Bertz CT molecular complexity index is 698. The van der Waals surface area contributed by atoms with Crippen molar-refractivity contribution in [1.29, 1.82) is 0 Å². The van der Waals surface area contributed by atoms with E-state index in [0.29, 0.717) is 12.5 Å². The van der Waals surface area contributed by atoms with E-state index >= 15 is 0 Å². The molecule has 3 aromatic rings. The fraction of sp³-hybridized carbons (Fsp3) is 0.267. The van der Waals surface area contributed by atoms with Crippen molar-refractivity contribution >= 4 is 22.5 Å². The molecule has 4 heteroatoms. The average Bonchev–Trinajstić information content (AvgIpc) is 2.97. The maximum absolute atomic E-state index is 6.11. The highest BCUT2D eigenvalue weighted by molar-refractivity contribution is 6.31. The van der Waals surface area contributed by atoms with Crippen molar-refractivity contribution in [2.75, 3.05) is 0 Å². The van der Waals surface area contributed by atoms with E-state index in [4.69, 9.17) is 16.1 Å². The van der Waals surface area contributed by atoms with Gasteiger partial charge in [-0.25, -0.2) is 0 Å². The van der Waals surface area contributed by atoms with Gasteiger partial charge < -0.3 is 9.09 Å². The summed E-state index contributed by atoms with van der Waals surface area (Å²) in [7, 11) is 0. The fourth-order valence-electron chi connectivity index (χ4n) is 2.38. The van der Waals surface area contributed by atoms with Gasteiger partial charge >= 0.3 is 0 Å². The van der Waals surface area contributed by atoms with E-state index in [9.17, 15) is 0 Å². The molecule has 0 N–H and O–H groups in total. The van der Waals surface area contributed by atoms with Crippen molar-refractivity contribution < 1.29 is 4.52 Å². The van der Waals surface area contributed by atoms with Crippen molar-refractivity contribution in [3.8, 4) is 0 Å². The number of nitrogens with zero attached hydrogens (tertiary/aromatic N) is 2. The maximum Gasteiger partial charge on any atom is 0.124 e. The molecule has 3 rings (SSSR count). The van der Waals surface area contributed by atoms with Crippen molar-refractivity contribution in [3.63, 3.8) is 0 Å². The molecule has 2 aromatic heterocycles. The summed E-state index contributed by atoms with van der Waals surface area (Å²) in [4.78, 5) is 0. The lowest BCUT2D eigenvalue weighted by molar-refractivity contribution is 0.410. The van der Waals surface area contributed by atoms with E-state index in [-0.39, 0.29) is 0 Å². The van der Waals surface area contributed by atoms with Gasteiger partial charge in [-0.05, 0) is 29.7 Å². The highest BCUT2D eigenvalue weighted by Gasteiger charge is 2.12. The molecule has 3 nitrogen and oxygen atoms in total. The minimum atomic E-state index is 0.458. The van der Waals surface area contributed by atoms with Gasteiger partial charge in [0.2, 0.25) is 0 Å². The minimum Gasteiger partial charge on any atom is -0.364 e. The summed E-state index contributed by atoms with van der Waals surface area (Å²) in [6.07, 6.45) is 3.78. The zero-order chi connectivity index (χ0) is 13.4. The van der Waals surface area contributed by atoms with Crippen LogP contribution in [-0.2, 0) is 6.54 Å². The van der Waals surface area contributed by atoms with E-state index in [2.05, 4.69) is 35.8 Å². The SMILES string of the molecule is CC(C)c1cn(Cc2ccon2)c2ccc(Cl)cc12. The highest BCUT2D eigenvalue weighted by Crippen LogP contribution is 2.30. The van der Waals surface area contributed by atoms with Gasteiger partial charge in [0.15, 0.2) is 0 Å². The number of halogens is 1. The standard InChI is InChI=1S/C15H15ClN2O/c1-10(2)14-9-18(8-12-5-6-19-17-12)15-4-3-11(16)7-13(14)15/h3-7,9-10H,8H2,1-2H3. The van der Waals surface area contributed by atoms with Crippen molar-refractivity contribution in [1.82, 2.24) is 9.72 Å². The molecule has 0 atom stereocenters. The number of benzene rings is 1. The van der Waals surface area contributed by atoms with Gasteiger partial charge in [-0.3, -0.25) is 0 Å². The summed E-state index contributed by atoms with van der Waals surface area (Å²) in [5.41, 5.74) is 3.40. The second-order valence-corrected chi connectivity index (χ2v) is 5.46. The molecule has 0 aliphatic rings. The molecule has 19 heavy (non-hydrogen) atoms. The molecule has 0 aliphatic heterocycles. The van der Waals surface area contributed by atoms with Gasteiger partial charge in [-0.2, -0.15) is 0 Å². The molecule has 98 valence electrons. The summed E-state index contributed by atoms with van der Waals surface area (Å²) in [6, 6.07) is 7.90. The molecular weight excluding hydrogens is 260 g/mol. The maximum atomic E-state index is 6.11. The van der Waals surface area contributed by atoms with Gasteiger partial charge in [-0.1, -0.05) is 30.6 Å². The summed E-state index contributed by atoms with van der Waals surface area (Å²) in [5, 5.41) is 5.95. The van der Waals surface area contributed by atoms with Crippen LogP contribution in [0.5, 0.6) is 0 Å². The number of fused-ring (bicyclic) bond motifs is 1. The summed E-state index contributed by atoms with van der Waals surface area (Å²) < 4.78 is 7.08. The third-order valence-corrected chi connectivity index (χ3v) is 3.55. The van der Waals surface area contributed by atoms with Crippen LogP contribution in [-0.4, -0.2) is 9.72 Å². The fourth-order valence-corrected chi connectivity index (χ4v) is 2.55.